The molecule has 2 saturated carbocycles. The molecular formula is C16H30N2O. The first kappa shape index (κ1) is 14.8. The highest BCUT2D eigenvalue weighted by Crippen LogP contribution is 2.45. The van der Waals surface area contributed by atoms with E-state index >= 15 is 0 Å². The average molecular weight is 266 g/mol. The first-order valence-electron chi connectivity index (χ1n) is 7.68. The second kappa shape index (κ2) is 4.76. The molecule has 19 heavy (non-hydrogen) atoms. The predicted octanol–water partition coefficient (Wildman–Crippen LogP) is 2.98. The Bertz CT molecular complexity index is 340. The predicted molar refractivity (Wildman–Crippen MR) is 78.7 cm³/mol. The standard InChI is InChI=1S/C16H30N2O/c1-14(2)8-12(9-15(3,4)11-14)18-13(19)10-16(17)6-5-7-16/h12H,5-11,17H2,1-4H3,(H,18,19). The van der Waals surface area contributed by atoms with Gasteiger partial charge in [0.25, 0.3) is 0 Å². The fourth-order valence-electron chi connectivity index (χ4n) is 4.35. The quantitative estimate of drug-likeness (QED) is 0.825. The molecule has 110 valence electrons. The van der Waals surface area contributed by atoms with Gasteiger partial charge in [-0.2, -0.15) is 0 Å². The third-order valence-electron chi connectivity index (χ3n) is 4.78. The van der Waals surface area contributed by atoms with E-state index in [1.807, 2.05) is 0 Å². The summed E-state index contributed by atoms with van der Waals surface area (Å²) in [7, 11) is 0. The van der Waals surface area contributed by atoms with Crippen LogP contribution in [0.4, 0.5) is 0 Å². The molecule has 2 aliphatic carbocycles. The first-order chi connectivity index (χ1) is 8.59. The van der Waals surface area contributed by atoms with Crippen molar-refractivity contribution in [1.29, 1.82) is 0 Å². The summed E-state index contributed by atoms with van der Waals surface area (Å²) in [4.78, 5) is 12.2. The van der Waals surface area contributed by atoms with Crippen molar-refractivity contribution in [3.05, 3.63) is 0 Å². The molecule has 2 rings (SSSR count). The zero-order valence-corrected chi connectivity index (χ0v) is 13.0. The molecule has 0 bridgehead atoms. The minimum Gasteiger partial charge on any atom is -0.353 e. The van der Waals surface area contributed by atoms with E-state index in [-0.39, 0.29) is 11.4 Å². The number of carbonyl (C=O) groups is 1. The van der Waals surface area contributed by atoms with Crippen LogP contribution in [-0.2, 0) is 4.79 Å². The number of amides is 1. The topological polar surface area (TPSA) is 55.1 Å². The molecule has 3 heteroatoms. The second-order valence-corrected chi connectivity index (χ2v) is 8.57. The third kappa shape index (κ3) is 3.95. The molecule has 2 aliphatic rings. The Morgan fingerprint density at radius 3 is 2.11 bits per heavy atom. The van der Waals surface area contributed by atoms with Gasteiger partial charge in [0, 0.05) is 18.0 Å². The van der Waals surface area contributed by atoms with Gasteiger partial charge in [0.1, 0.15) is 0 Å². The summed E-state index contributed by atoms with van der Waals surface area (Å²) in [5, 5.41) is 3.24. The summed E-state index contributed by atoms with van der Waals surface area (Å²) >= 11 is 0. The van der Waals surface area contributed by atoms with Gasteiger partial charge >= 0.3 is 0 Å². The number of carbonyl (C=O) groups excluding carboxylic acids is 1. The Balaban J connectivity index is 1.89. The normalized spacial score (nSPS) is 28.5. The van der Waals surface area contributed by atoms with Crippen LogP contribution in [0.25, 0.3) is 0 Å². The van der Waals surface area contributed by atoms with Crippen molar-refractivity contribution in [2.75, 3.05) is 0 Å². The van der Waals surface area contributed by atoms with Crippen LogP contribution in [-0.4, -0.2) is 17.5 Å². The molecule has 0 heterocycles. The molecule has 0 aromatic heterocycles. The van der Waals surface area contributed by atoms with Gasteiger partial charge in [0.05, 0.1) is 0 Å². The van der Waals surface area contributed by atoms with Crippen LogP contribution in [0.5, 0.6) is 0 Å². The first-order valence-corrected chi connectivity index (χ1v) is 7.68. The van der Waals surface area contributed by atoms with Crippen molar-refractivity contribution in [2.24, 2.45) is 16.6 Å². The Kier molecular flexibility index (Phi) is 3.72. The van der Waals surface area contributed by atoms with E-state index in [0.29, 0.717) is 23.3 Å². The number of hydrogen-bond donors (Lipinski definition) is 2. The van der Waals surface area contributed by atoms with E-state index in [1.54, 1.807) is 0 Å². The lowest BCUT2D eigenvalue weighted by molar-refractivity contribution is -0.124. The van der Waals surface area contributed by atoms with Crippen LogP contribution in [0.3, 0.4) is 0 Å². The molecule has 0 aromatic rings. The van der Waals surface area contributed by atoms with Crippen LogP contribution in [0.1, 0.15) is 72.6 Å². The Morgan fingerprint density at radius 2 is 1.68 bits per heavy atom. The van der Waals surface area contributed by atoms with Gasteiger partial charge in [-0.15, -0.1) is 0 Å². The molecule has 0 saturated heterocycles. The lowest BCUT2D eigenvalue weighted by atomic mass is 9.63. The van der Waals surface area contributed by atoms with Gasteiger partial charge < -0.3 is 11.1 Å². The SMILES string of the molecule is CC1(C)CC(NC(=O)CC2(N)CCC2)CC(C)(C)C1. The van der Waals surface area contributed by atoms with E-state index in [0.717, 1.165) is 25.7 Å². The van der Waals surface area contributed by atoms with Crippen molar-refractivity contribution in [3.63, 3.8) is 0 Å². The maximum Gasteiger partial charge on any atom is 0.222 e. The largest absolute Gasteiger partial charge is 0.353 e. The Morgan fingerprint density at radius 1 is 1.16 bits per heavy atom. The van der Waals surface area contributed by atoms with Gasteiger partial charge in [0.2, 0.25) is 5.91 Å². The lowest BCUT2D eigenvalue weighted by Gasteiger charge is -2.45. The van der Waals surface area contributed by atoms with Crippen molar-refractivity contribution in [3.8, 4) is 0 Å². The van der Waals surface area contributed by atoms with E-state index < -0.39 is 0 Å². The van der Waals surface area contributed by atoms with Crippen LogP contribution in [0, 0.1) is 10.8 Å². The molecule has 0 atom stereocenters. The van der Waals surface area contributed by atoms with Crippen molar-refractivity contribution in [2.45, 2.75) is 84.2 Å². The fraction of sp³-hybridized carbons (Fsp3) is 0.938. The number of hydrogen-bond acceptors (Lipinski definition) is 2. The smallest absolute Gasteiger partial charge is 0.222 e. The van der Waals surface area contributed by atoms with E-state index in [4.69, 9.17) is 5.73 Å². The van der Waals surface area contributed by atoms with Gasteiger partial charge in [-0.1, -0.05) is 27.7 Å². The molecule has 0 aliphatic heterocycles. The molecule has 1 amide bonds. The van der Waals surface area contributed by atoms with Crippen molar-refractivity contribution >= 4 is 5.91 Å². The zero-order valence-electron chi connectivity index (χ0n) is 13.0. The summed E-state index contributed by atoms with van der Waals surface area (Å²) in [6.07, 6.45) is 7.08. The Hall–Kier alpha value is -0.570. The van der Waals surface area contributed by atoms with Crippen LogP contribution in [0.15, 0.2) is 0 Å². The highest BCUT2D eigenvalue weighted by molar-refractivity contribution is 5.77. The minimum atomic E-state index is -0.205. The van der Waals surface area contributed by atoms with Crippen LogP contribution < -0.4 is 11.1 Å². The monoisotopic (exact) mass is 266 g/mol. The van der Waals surface area contributed by atoms with Gasteiger partial charge in [0.15, 0.2) is 0 Å². The zero-order chi connectivity index (χ0) is 14.3. The molecular weight excluding hydrogens is 236 g/mol. The molecule has 3 nitrogen and oxygen atoms in total. The lowest BCUT2D eigenvalue weighted by Crippen LogP contribution is -2.52. The summed E-state index contributed by atoms with van der Waals surface area (Å²) in [5.74, 6) is 0.153. The summed E-state index contributed by atoms with van der Waals surface area (Å²) in [6.45, 7) is 9.24. The van der Waals surface area contributed by atoms with Crippen LogP contribution >= 0.6 is 0 Å². The minimum absolute atomic E-state index is 0.153. The average Bonchev–Trinajstić information content (AvgIpc) is 2.08. The number of nitrogens with one attached hydrogen (secondary N) is 1. The maximum atomic E-state index is 12.2. The van der Waals surface area contributed by atoms with Gasteiger partial charge in [-0.25, -0.2) is 0 Å². The van der Waals surface area contributed by atoms with E-state index in [9.17, 15) is 4.79 Å². The van der Waals surface area contributed by atoms with Crippen molar-refractivity contribution < 1.29 is 4.79 Å². The van der Waals surface area contributed by atoms with E-state index in [2.05, 4.69) is 33.0 Å². The fourth-order valence-corrected chi connectivity index (χ4v) is 4.35. The molecule has 2 fully saturated rings. The molecule has 0 radical (unpaired) electrons. The summed E-state index contributed by atoms with van der Waals surface area (Å²) < 4.78 is 0. The Labute approximate surface area is 117 Å². The maximum absolute atomic E-state index is 12.2. The third-order valence-corrected chi connectivity index (χ3v) is 4.78. The van der Waals surface area contributed by atoms with Gasteiger partial charge in [-0.3, -0.25) is 4.79 Å². The summed E-state index contributed by atoms with van der Waals surface area (Å²) in [6, 6.07) is 0.315. The summed E-state index contributed by atoms with van der Waals surface area (Å²) in [5.41, 5.74) is 6.58. The number of nitrogens with two attached hydrogens (primary N) is 1. The van der Waals surface area contributed by atoms with E-state index in [1.165, 1.54) is 12.8 Å². The van der Waals surface area contributed by atoms with Crippen LogP contribution in [0.2, 0.25) is 0 Å². The van der Waals surface area contributed by atoms with Crippen molar-refractivity contribution in [1.82, 2.24) is 5.32 Å². The second-order valence-electron chi connectivity index (χ2n) is 8.57. The highest BCUT2D eigenvalue weighted by atomic mass is 16.1. The molecule has 0 aromatic carbocycles. The highest BCUT2D eigenvalue weighted by Gasteiger charge is 2.40. The molecule has 0 spiro atoms. The number of rotatable bonds is 3. The molecule has 3 N–H and O–H groups in total. The molecule has 0 unspecified atom stereocenters. The van der Waals surface area contributed by atoms with Gasteiger partial charge in [-0.05, 0) is 49.4 Å².